The molecule has 1 aromatic rings. The smallest absolute Gasteiger partial charge is 0.233 e. The molecule has 0 amide bonds. The summed E-state index contributed by atoms with van der Waals surface area (Å²) in [7, 11) is -3.39. The molecular formula is C10H15ClN2O2S. The van der Waals surface area contributed by atoms with E-state index in [1.54, 1.807) is 0 Å². The molecule has 90 valence electrons. The van der Waals surface area contributed by atoms with Crippen molar-refractivity contribution in [2.45, 2.75) is 20.8 Å². The van der Waals surface area contributed by atoms with E-state index >= 15 is 0 Å². The van der Waals surface area contributed by atoms with Gasteiger partial charge < -0.3 is 0 Å². The largest absolute Gasteiger partial charge is 0.280 e. The summed E-state index contributed by atoms with van der Waals surface area (Å²) in [6.07, 6.45) is 2.90. The van der Waals surface area contributed by atoms with E-state index < -0.39 is 10.0 Å². The maximum absolute atomic E-state index is 11.8. The average molecular weight is 263 g/mol. The topological polar surface area (TPSA) is 59.1 Å². The summed E-state index contributed by atoms with van der Waals surface area (Å²) in [6, 6.07) is 1.54. The molecule has 6 heteroatoms. The molecule has 0 aliphatic carbocycles. The highest BCUT2D eigenvalue weighted by Crippen LogP contribution is 2.23. The number of halogens is 1. The van der Waals surface area contributed by atoms with Crippen molar-refractivity contribution in [1.29, 1.82) is 0 Å². The average Bonchev–Trinajstić information content (AvgIpc) is 2.04. The van der Waals surface area contributed by atoms with Crippen molar-refractivity contribution in [3.63, 3.8) is 0 Å². The minimum absolute atomic E-state index is 0.0330. The third kappa shape index (κ3) is 4.37. The monoisotopic (exact) mass is 262 g/mol. The Morgan fingerprint density at radius 1 is 1.44 bits per heavy atom. The lowest BCUT2D eigenvalue weighted by molar-refractivity contribution is 0.463. The van der Waals surface area contributed by atoms with Crippen molar-refractivity contribution in [2.75, 3.05) is 10.5 Å². The zero-order valence-corrected chi connectivity index (χ0v) is 11.1. The van der Waals surface area contributed by atoms with Crippen molar-refractivity contribution >= 4 is 27.3 Å². The number of hydrogen-bond donors (Lipinski definition) is 1. The number of nitrogens with one attached hydrogen (secondary N) is 1. The van der Waals surface area contributed by atoms with Crippen LogP contribution in [0.3, 0.4) is 0 Å². The van der Waals surface area contributed by atoms with E-state index in [4.69, 9.17) is 11.6 Å². The molecule has 1 rings (SSSR count). The lowest BCUT2D eigenvalue weighted by Gasteiger charge is -2.18. The third-order valence-corrected chi connectivity index (χ3v) is 3.76. The van der Waals surface area contributed by atoms with Crippen LogP contribution in [0.5, 0.6) is 0 Å². The molecule has 1 N–H and O–H groups in total. The van der Waals surface area contributed by atoms with Gasteiger partial charge in [-0.2, -0.15) is 0 Å². The second-order valence-corrected chi connectivity index (χ2v) is 6.91. The van der Waals surface area contributed by atoms with E-state index in [9.17, 15) is 8.42 Å². The molecule has 0 spiro atoms. The standard InChI is InChI=1S/C10H15ClN2O2S/c1-10(2,3)7-16(14,15)13-9-6-12-5-4-8(9)11/h4-6,13H,7H2,1-3H3. The fourth-order valence-electron chi connectivity index (χ4n) is 1.23. The van der Waals surface area contributed by atoms with Gasteiger partial charge in [0, 0.05) is 6.20 Å². The number of nitrogens with zero attached hydrogens (tertiary/aromatic N) is 1. The lowest BCUT2D eigenvalue weighted by Crippen LogP contribution is -2.26. The van der Waals surface area contributed by atoms with Crippen LogP contribution in [0.1, 0.15) is 20.8 Å². The number of pyridine rings is 1. The van der Waals surface area contributed by atoms with E-state index in [-0.39, 0.29) is 11.2 Å². The van der Waals surface area contributed by atoms with Crippen molar-refractivity contribution in [2.24, 2.45) is 5.41 Å². The van der Waals surface area contributed by atoms with E-state index in [0.717, 1.165) is 0 Å². The van der Waals surface area contributed by atoms with Crippen LogP contribution in [0.25, 0.3) is 0 Å². The predicted molar refractivity (Wildman–Crippen MR) is 66.1 cm³/mol. The number of rotatable bonds is 3. The molecule has 0 radical (unpaired) electrons. The normalized spacial score (nSPS) is 12.5. The van der Waals surface area contributed by atoms with E-state index in [2.05, 4.69) is 9.71 Å². The second kappa shape index (κ2) is 4.59. The van der Waals surface area contributed by atoms with Gasteiger partial charge in [0.2, 0.25) is 10.0 Å². The van der Waals surface area contributed by atoms with Crippen molar-refractivity contribution in [3.8, 4) is 0 Å². The van der Waals surface area contributed by atoms with E-state index in [0.29, 0.717) is 10.7 Å². The SMILES string of the molecule is CC(C)(C)CS(=O)(=O)Nc1cnccc1Cl. The maximum Gasteiger partial charge on any atom is 0.233 e. The quantitative estimate of drug-likeness (QED) is 0.911. The van der Waals surface area contributed by atoms with Gasteiger partial charge in [0.05, 0.1) is 22.7 Å². The highest BCUT2D eigenvalue weighted by atomic mass is 35.5. The summed E-state index contributed by atoms with van der Waals surface area (Å²) in [5.41, 5.74) is 0.00831. The van der Waals surface area contributed by atoms with Gasteiger partial charge in [-0.3, -0.25) is 9.71 Å². The first-order valence-corrected chi connectivity index (χ1v) is 6.83. The molecule has 0 saturated heterocycles. The van der Waals surface area contributed by atoms with Crippen molar-refractivity contribution < 1.29 is 8.42 Å². The zero-order chi connectivity index (χ0) is 12.4. The van der Waals surface area contributed by atoms with Gasteiger partial charge in [-0.15, -0.1) is 0 Å². The van der Waals surface area contributed by atoms with Gasteiger partial charge in [-0.1, -0.05) is 32.4 Å². The highest BCUT2D eigenvalue weighted by Gasteiger charge is 2.22. The second-order valence-electron chi connectivity index (χ2n) is 4.78. The number of aromatic nitrogens is 1. The van der Waals surface area contributed by atoms with Crippen LogP contribution in [0.4, 0.5) is 5.69 Å². The molecule has 1 aromatic heterocycles. The van der Waals surface area contributed by atoms with Crippen LogP contribution in [0.15, 0.2) is 18.5 Å². The Kier molecular flexibility index (Phi) is 3.80. The zero-order valence-electron chi connectivity index (χ0n) is 9.49. The van der Waals surface area contributed by atoms with Gasteiger partial charge in [-0.05, 0) is 11.5 Å². The van der Waals surface area contributed by atoms with Gasteiger partial charge in [0.25, 0.3) is 0 Å². The molecule has 0 aliphatic rings. The Morgan fingerprint density at radius 2 is 2.06 bits per heavy atom. The molecule has 4 nitrogen and oxygen atoms in total. The summed E-state index contributed by atoms with van der Waals surface area (Å²) in [4.78, 5) is 3.81. The lowest BCUT2D eigenvalue weighted by atomic mass is 10.0. The van der Waals surface area contributed by atoms with Crippen LogP contribution in [0.2, 0.25) is 5.02 Å². The molecule has 0 aliphatic heterocycles. The first kappa shape index (κ1) is 13.3. The van der Waals surface area contributed by atoms with Crippen LogP contribution in [-0.2, 0) is 10.0 Å². The third-order valence-electron chi connectivity index (χ3n) is 1.66. The summed E-state index contributed by atoms with van der Waals surface area (Å²) < 4.78 is 26.0. The maximum atomic E-state index is 11.8. The summed E-state index contributed by atoms with van der Waals surface area (Å²) in [5.74, 6) is 0.0330. The Balaban J connectivity index is 2.86. The van der Waals surface area contributed by atoms with E-state index in [1.165, 1.54) is 18.5 Å². The van der Waals surface area contributed by atoms with Crippen LogP contribution in [-0.4, -0.2) is 19.2 Å². The summed E-state index contributed by atoms with van der Waals surface area (Å²) in [6.45, 7) is 5.57. The van der Waals surface area contributed by atoms with E-state index in [1.807, 2.05) is 20.8 Å². The number of anilines is 1. The Bertz CT molecular complexity index is 466. The molecule has 16 heavy (non-hydrogen) atoms. The molecular weight excluding hydrogens is 248 g/mol. The number of sulfonamides is 1. The van der Waals surface area contributed by atoms with Crippen LogP contribution in [0, 0.1) is 5.41 Å². The van der Waals surface area contributed by atoms with Crippen molar-refractivity contribution in [3.05, 3.63) is 23.5 Å². The number of hydrogen-bond acceptors (Lipinski definition) is 3. The first-order chi connectivity index (χ1) is 7.20. The molecule has 0 bridgehead atoms. The molecule has 1 heterocycles. The van der Waals surface area contributed by atoms with Gasteiger partial charge in [-0.25, -0.2) is 8.42 Å². The minimum atomic E-state index is -3.39. The molecule has 0 atom stereocenters. The van der Waals surface area contributed by atoms with Gasteiger partial charge in [0.1, 0.15) is 0 Å². The summed E-state index contributed by atoms with van der Waals surface area (Å²) >= 11 is 5.83. The Labute approximate surface area is 101 Å². The minimum Gasteiger partial charge on any atom is -0.280 e. The van der Waals surface area contributed by atoms with Gasteiger partial charge in [0.15, 0.2) is 0 Å². The molecule has 0 aromatic carbocycles. The fourth-order valence-corrected chi connectivity index (χ4v) is 3.14. The molecule has 0 fully saturated rings. The Morgan fingerprint density at radius 3 is 2.56 bits per heavy atom. The summed E-state index contributed by atoms with van der Waals surface area (Å²) in [5, 5.41) is 0.340. The van der Waals surface area contributed by atoms with Crippen LogP contribution < -0.4 is 4.72 Å². The predicted octanol–water partition coefficient (Wildman–Crippen LogP) is 2.52. The van der Waals surface area contributed by atoms with Crippen LogP contribution >= 0.6 is 11.6 Å². The Hall–Kier alpha value is -0.810. The van der Waals surface area contributed by atoms with Gasteiger partial charge >= 0.3 is 0 Å². The first-order valence-electron chi connectivity index (χ1n) is 4.80. The molecule has 0 saturated carbocycles. The highest BCUT2D eigenvalue weighted by molar-refractivity contribution is 7.92. The van der Waals surface area contributed by atoms with Crippen molar-refractivity contribution in [1.82, 2.24) is 4.98 Å². The fraction of sp³-hybridized carbons (Fsp3) is 0.500. The molecule has 0 unspecified atom stereocenters.